The number of hydrogen-bond acceptors (Lipinski definition) is 4. The van der Waals surface area contributed by atoms with E-state index in [-0.39, 0.29) is 0 Å². The molecule has 0 aliphatic carbocycles. The van der Waals surface area contributed by atoms with Gasteiger partial charge in [-0.15, -0.1) is 0 Å². The molecule has 0 aromatic rings. The lowest BCUT2D eigenvalue weighted by atomic mass is 10.4. The van der Waals surface area contributed by atoms with Crippen molar-refractivity contribution in [1.29, 1.82) is 0 Å². The zero-order valence-electron chi connectivity index (χ0n) is 4.55. The normalized spacial score (nSPS) is 11.4. The predicted octanol–water partition coefficient (Wildman–Crippen LogP) is -1.08. The Kier molecular flexibility index (Phi) is 1.97. The standard InChI is InChI=1S/C4H9NO3/c1-3(6)4(7,8)5-2/h5-8H,1H2,2H3. The van der Waals surface area contributed by atoms with Gasteiger partial charge in [0.05, 0.1) is 0 Å². The van der Waals surface area contributed by atoms with Crippen LogP contribution in [0.5, 0.6) is 0 Å². The van der Waals surface area contributed by atoms with Gasteiger partial charge < -0.3 is 15.3 Å². The fourth-order valence-corrected chi connectivity index (χ4v) is 0.144. The van der Waals surface area contributed by atoms with E-state index in [1.54, 1.807) is 0 Å². The maximum absolute atomic E-state index is 8.50. The van der Waals surface area contributed by atoms with Crippen LogP contribution in [0, 0.1) is 0 Å². The van der Waals surface area contributed by atoms with E-state index >= 15 is 0 Å². The lowest BCUT2D eigenvalue weighted by molar-refractivity contribution is -0.170. The molecular weight excluding hydrogens is 110 g/mol. The summed E-state index contributed by atoms with van der Waals surface area (Å²) < 4.78 is 0. The third-order valence-electron chi connectivity index (χ3n) is 0.751. The molecule has 0 saturated heterocycles. The van der Waals surface area contributed by atoms with Gasteiger partial charge in [-0.05, 0) is 7.05 Å². The summed E-state index contributed by atoms with van der Waals surface area (Å²) in [6.45, 7) is 2.89. The van der Waals surface area contributed by atoms with Crippen LogP contribution >= 0.6 is 0 Å². The maximum atomic E-state index is 8.50. The Morgan fingerprint density at radius 2 is 2.00 bits per heavy atom. The maximum Gasteiger partial charge on any atom is 0.283 e. The highest BCUT2D eigenvalue weighted by Crippen LogP contribution is 2.00. The number of nitrogens with one attached hydrogen (secondary N) is 1. The van der Waals surface area contributed by atoms with E-state index in [1.807, 2.05) is 5.32 Å². The van der Waals surface area contributed by atoms with Gasteiger partial charge in [-0.1, -0.05) is 6.58 Å². The van der Waals surface area contributed by atoms with Crippen molar-refractivity contribution in [3.05, 3.63) is 12.3 Å². The Balaban J connectivity index is 3.91. The lowest BCUT2D eigenvalue weighted by Gasteiger charge is -2.17. The van der Waals surface area contributed by atoms with Crippen molar-refractivity contribution < 1.29 is 15.3 Å². The molecule has 0 aromatic carbocycles. The second kappa shape index (κ2) is 2.13. The van der Waals surface area contributed by atoms with E-state index < -0.39 is 11.7 Å². The first-order valence-corrected chi connectivity index (χ1v) is 2.02. The second-order valence-electron chi connectivity index (χ2n) is 1.37. The van der Waals surface area contributed by atoms with Crippen molar-refractivity contribution in [1.82, 2.24) is 5.32 Å². The molecule has 0 aliphatic rings. The largest absolute Gasteiger partial charge is 0.506 e. The fourth-order valence-electron chi connectivity index (χ4n) is 0.144. The number of aliphatic hydroxyl groups is 3. The molecular formula is C4H9NO3. The van der Waals surface area contributed by atoms with Crippen LogP contribution in [-0.4, -0.2) is 28.3 Å². The van der Waals surface area contributed by atoms with Gasteiger partial charge in [0.2, 0.25) is 0 Å². The van der Waals surface area contributed by atoms with E-state index in [0.717, 1.165) is 0 Å². The number of rotatable bonds is 2. The van der Waals surface area contributed by atoms with Crippen LogP contribution < -0.4 is 5.32 Å². The summed E-state index contributed by atoms with van der Waals surface area (Å²) in [6.07, 6.45) is 0. The highest BCUT2D eigenvalue weighted by molar-refractivity contribution is 4.92. The van der Waals surface area contributed by atoms with Gasteiger partial charge in [0.25, 0.3) is 5.91 Å². The Morgan fingerprint density at radius 1 is 1.62 bits per heavy atom. The highest BCUT2D eigenvalue weighted by Gasteiger charge is 2.23. The molecule has 0 saturated carbocycles. The summed E-state index contributed by atoms with van der Waals surface area (Å²) >= 11 is 0. The molecule has 0 atom stereocenters. The van der Waals surface area contributed by atoms with Gasteiger partial charge in [0.15, 0.2) is 5.76 Å². The number of likely N-dealkylation sites (N-methyl/N-ethyl adjacent to an activating group) is 1. The van der Waals surface area contributed by atoms with E-state index in [9.17, 15) is 0 Å². The first kappa shape index (κ1) is 7.42. The first-order chi connectivity index (χ1) is 3.50. The van der Waals surface area contributed by atoms with Crippen LogP contribution in [0.4, 0.5) is 0 Å². The third-order valence-corrected chi connectivity index (χ3v) is 0.751. The molecule has 0 amide bonds. The van der Waals surface area contributed by atoms with Crippen LogP contribution in [0.3, 0.4) is 0 Å². The van der Waals surface area contributed by atoms with Gasteiger partial charge in [-0.25, -0.2) is 0 Å². The van der Waals surface area contributed by atoms with Gasteiger partial charge in [0.1, 0.15) is 0 Å². The van der Waals surface area contributed by atoms with Gasteiger partial charge in [-0.3, -0.25) is 5.32 Å². The van der Waals surface area contributed by atoms with Crippen molar-refractivity contribution in [3.8, 4) is 0 Å². The van der Waals surface area contributed by atoms with Crippen molar-refractivity contribution in [2.24, 2.45) is 0 Å². The van der Waals surface area contributed by atoms with Gasteiger partial charge >= 0.3 is 0 Å². The number of aliphatic hydroxyl groups excluding tert-OH is 1. The summed E-state index contributed by atoms with van der Waals surface area (Å²) in [6, 6.07) is 0. The summed E-state index contributed by atoms with van der Waals surface area (Å²) in [7, 11) is 1.28. The number of hydrogen-bond donors (Lipinski definition) is 4. The molecule has 4 N–H and O–H groups in total. The van der Waals surface area contributed by atoms with E-state index in [4.69, 9.17) is 15.3 Å². The Hall–Kier alpha value is -0.580. The zero-order valence-corrected chi connectivity index (χ0v) is 4.55. The van der Waals surface area contributed by atoms with Crippen LogP contribution in [0.1, 0.15) is 0 Å². The Morgan fingerprint density at radius 3 is 2.00 bits per heavy atom. The van der Waals surface area contributed by atoms with Crippen LogP contribution in [0.25, 0.3) is 0 Å². The molecule has 4 nitrogen and oxygen atoms in total. The van der Waals surface area contributed by atoms with Gasteiger partial charge in [0, 0.05) is 0 Å². The average molecular weight is 119 g/mol. The second-order valence-corrected chi connectivity index (χ2v) is 1.37. The van der Waals surface area contributed by atoms with Gasteiger partial charge in [-0.2, -0.15) is 0 Å². The fraction of sp³-hybridized carbons (Fsp3) is 0.500. The highest BCUT2D eigenvalue weighted by atomic mass is 16.5. The molecule has 0 unspecified atom stereocenters. The third kappa shape index (κ3) is 1.49. The van der Waals surface area contributed by atoms with Crippen molar-refractivity contribution >= 4 is 0 Å². The monoisotopic (exact) mass is 119 g/mol. The van der Waals surface area contributed by atoms with Crippen LogP contribution in [-0.2, 0) is 0 Å². The molecule has 0 fully saturated rings. The molecule has 0 heterocycles. The molecule has 0 radical (unpaired) electrons. The molecule has 0 bridgehead atoms. The molecule has 0 spiro atoms. The van der Waals surface area contributed by atoms with Crippen molar-refractivity contribution in [2.45, 2.75) is 5.91 Å². The SMILES string of the molecule is C=C(O)C(O)(O)NC. The van der Waals surface area contributed by atoms with Crippen LogP contribution in [0.15, 0.2) is 12.3 Å². The molecule has 0 aliphatic heterocycles. The molecule has 8 heavy (non-hydrogen) atoms. The lowest BCUT2D eigenvalue weighted by Crippen LogP contribution is -2.43. The van der Waals surface area contributed by atoms with E-state index in [2.05, 4.69) is 6.58 Å². The summed E-state index contributed by atoms with van der Waals surface area (Å²) in [4.78, 5) is 0. The van der Waals surface area contributed by atoms with Crippen LogP contribution in [0.2, 0.25) is 0 Å². The topological polar surface area (TPSA) is 72.7 Å². The average Bonchev–Trinajstić information content (AvgIpc) is 1.67. The molecule has 0 aromatic heterocycles. The summed E-state index contributed by atoms with van der Waals surface area (Å²) in [5.74, 6) is -3.07. The predicted molar refractivity (Wildman–Crippen MR) is 28.0 cm³/mol. The van der Waals surface area contributed by atoms with Crippen molar-refractivity contribution in [3.63, 3.8) is 0 Å². The first-order valence-electron chi connectivity index (χ1n) is 2.02. The summed E-state index contributed by atoms with van der Waals surface area (Å²) in [5.41, 5.74) is 0. The Bertz CT molecular complexity index is 99.5. The quantitative estimate of drug-likeness (QED) is 0.275. The minimum Gasteiger partial charge on any atom is -0.506 e. The summed E-state index contributed by atoms with van der Waals surface area (Å²) in [5, 5.41) is 27.3. The zero-order chi connectivity index (χ0) is 6.78. The molecule has 48 valence electrons. The van der Waals surface area contributed by atoms with E-state index in [1.165, 1.54) is 7.05 Å². The minimum absolute atomic E-state index is 0.722. The Labute approximate surface area is 47.1 Å². The molecule has 0 rings (SSSR count). The van der Waals surface area contributed by atoms with Crippen molar-refractivity contribution in [2.75, 3.05) is 7.05 Å². The van der Waals surface area contributed by atoms with E-state index in [0.29, 0.717) is 0 Å². The molecule has 4 heteroatoms. The minimum atomic E-state index is -2.35. The smallest absolute Gasteiger partial charge is 0.283 e.